The van der Waals surface area contributed by atoms with Crippen LogP contribution in [0.25, 0.3) is 0 Å². The van der Waals surface area contributed by atoms with Crippen LogP contribution in [-0.4, -0.2) is 54.6 Å². The summed E-state index contributed by atoms with van der Waals surface area (Å²) in [6.07, 6.45) is 4.52. The van der Waals surface area contributed by atoms with Crippen molar-refractivity contribution >= 4 is 18.1 Å². The fraction of sp³-hybridized carbons (Fsp3) is 0.625. The summed E-state index contributed by atoms with van der Waals surface area (Å²) in [6, 6.07) is 0. The SMILES string of the molecule is CCOC(=O)COC1CCN(c2cnc(C=O)cn2)CC1(C)C. The molecule has 0 radical (unpaired) electrons. The second kappa shape index (κ2) is 7.50. The van der Waals surface area contributed by atoms with Gasteiger partial charge in [-0.05, 0) is 13.3 Å². The van der Waals surface area contributed by atoms with E-state index in [0.717, 1.165) is 25.3 Å². The van der Waals surface area contributed by atoms with E-state index >= 15 is 0 Å². The van der Waals surface area contributed by atoms with Gasteiger partial charge in [0.05, 0.1) is 25.1 Å². The molecule has 1 aromatic rings. The lowest BCUT2D eigenvalue weighted by molar-refractivity contribution is -0.153. The monoisotopic (exact) mass is 321 g/mol. The summed E-state index contributed by atoms with van der Waals surface area (Å²) in [4.78, 5) is 32.5. The minimum Gasteiger partial charge on any atom is -0.464 e. The van der Waals surface area contributed by atoms with Crippen molar-refractivity contribution in [3.05, 3.63) is 18.1 Å². The van der Waals surface area contributed by atoms with Crippen LogP contribution < -0.4 is 4.90 Å². The Morgan fingerprint density at radius 1 is 1.43 bits per heavy atom. The molecule has 23 heavy (non-hydrogen) atoms. The van der Waals surface area contributed by atoms with Crippen LogP contribution in [-0.2, 0) is 14.3 Å². The maximum atomic E-state index is 11.4. The normalized spacial score (nSPS) is 20.1. The minimum absolute atomic E-state index is 0.0181. The first kappa shape index (κ1) is 17.3. The van der Waals surface area contributed by atoms with Crippen LogP contribution in [0.5, 0.6) is 0 Å². The molecule has 0 aromatic carbocycles. The van der Waals surface area contributed by atoms with Gasteiger partial charge in [0.1, 0.15) is 18.1 Å². The Morgan fingerprint density at radius 3 is 2.78 bits per heavy atom. The van der Waals surface area contributed by atoms with Crippen LogP contribution >= 0.6 is 0 Å². The molecule has 2 rings (SSSR count). The van der Waals surface area contributed by atoms with Gasteiger partial charge in [0.25, 0.3) is 0 Å². The van der Waals surface area contributed by atoms with Crippen LogP contribution in [0.2, 0.25) is 0 Å². The summed E-state index contributed by atoms with van der Waals surface area (Å²) in [6.45, 7) is 7.80. The Balaban J connectivity index is 1.95. The molecule has 0 spiro atoms. The highest BCUT2D eigenvalue weighted by atomic mass is 16.6. The molecule has 1 aliphatic rings. The first-order valence-corrected chi connectivity index (χ1v) is 7.75. The Morgan fingerprint density at radius 2 is 2.22 bits per heavy atom. The number of piperidine rings is 1. The number of esters is 1. The zero-order valence-corrected chi connectivity index (χ0v) is 13.8. The zero-order valence-electron chi connectivity index (χ0n) is 13.8. The van der Waals surface area contributed by atoms with Gasteiger partial charge in [0, 0.05) is 18.5 Å². The molecule has 1 fully saturated rings. The quantitative estimate of drug-likeness (QED) is 0.579. The smallest absolute Gasteiger partial charge is 0.332 e. The molecular weight excluding hydrogens is 298 g/mol. The van der Waals surface area contributed by atoms with Crippen LogP contribution in [0.15, 0.2) is 12.4 Å². The predicted molar refractivity (Wildman–Crippen MR) is 84.4 cm³/mol. The standard InChI is InChI=1S/C16H23N3O4/c1-4-22-15(21)10-23-13-5-6-19(11-16(13,2)3)14-8-17-12(9-20)7-18-14/h7-9,13H,4-6,10-11H2,1-3H3. The van der Waals surface area contributed by atoms with Crippen molar-refractivity contribution in [3.63, 3.8) is 0 Å². The van der Waals surface area contributed by atoms with Gasteiger partial charge < -0.3 is 14.4 Å². The zero-order chi connectivity index (χ0) is 16.9. The number of aldehydes is 1. The van der Waals surface area contributed by atoms with E-state index in [1.807, 2.05) is 0 Å². The van der Waals surface area contributed by atoms with E-state index in [1.54, 1.807) is 13.1 Å². The molecule has 1 aromatic heterocycles. The molecule has 1 saturated heterocycles. The third kappa shape index (κ3) is 4.48. The van der Waals surface area contributed by atoms with Crippen molar-refractivity contribution in [2.24, 2.45) is 5.41 Å². The highest BCUT2D eigenvalue weighted by Crippen LogP contribution is 2.33. The van der Waals surface area contributed by atoms with E-state index in [-0.39, 0.29) is 24.1 Å². The Bertz CT molecular complexity index is 545. The molecule has 7 nitrogen and oxygen atoms in total. The molecule has 1 aliphatic heterocycles. The summed E-state index contributed by atoms with van der Waals surface area (Å²) in [5.41, 5.74) is 0.177. The van der Waals surface area contributed by atoms with Crippen molar-refractivity contribution in [1.82, 2.24) is 9.97 Å². The fourth-order valence-corrected chi connectivity index (χ4v) is 2.77. The topological polar surface area (TPSA) is 81.6 Å². The molecule has 7 heteroatoms. The second-order valence-electron chi connectivity index (χ2n) is 6.22. The van der Waals surface area contributed by atoms with E-state index in [2.05, 4.69) is 28.7 Å². The van der Waals surface area contributed by atoms with E-state index in [9.17, 15) is 9.59 Å². The van der Waals surface area contributed by atoms with Crippen molar-refractivity contribution in [1.29, 1.82) is 0 Å². The number of anilines is 1. The Kier molecular flexibility index (Phi) is 5.65. The average Bonchev–Trinajstić information content (AvgIpc) is 2.53. The van der Waals surface area contributed by atoms with E-state index < -0.39 is 0 Å². The molecule has 2 heterocycles. The fourth-order valence-electron chi connectivity index (χ4n) is 2.77. The lowest BCUT2D eigenvalue weighted by atomic mass is 9.81. The number of hydrogen-bond acceptors (Lipinski definition) is 7. The summed E-state index contributed by atoms with van der Waals surface area (Å²) in [7, 11) is 0. The number of carbonyl (C=O) groups excluding carboxylic acids is 2. The van der Waals surface area contributed by atoms with Gasteiger partial charge in [-0.2, -0.15) is 0 Å². The van der Waals surface area contributed by atoms with Gasteiger partial charge in [-0.25, -0.2) is 14.8 Å². The van der Waals surface area contributed by atoms with E-state index in [0.29, 0.717) is 18.6 Å². The predicted octanol–water partition coefficient (Wildman–Crippen LogP) is 1.47. The first-order chi connectivity index (χ1) is 11.0. The highest BCUT2D eigenvalue weighted by Gasteiger charge is 2.37. The number of ether oxygens (including phenoxy) is 2. The van der Waals surface area contributed by atoms with Gasteiger partial charge in [0.15, 0.2) is 6.29 Å². The molecule has 0 saturated carbocycles. The molecule has 1 unspecified atom stereocenters. The highest BCUT2D eigenvalue weighted by molar-refractivity contribution is 5.71. The molecule has 0 amide bonds. The lowest BCUT2D eigenvalue weighted by Crippen LogP contribution is -2.50. The molecule has 0 aliphatic carbocycles. The number of nitrogens with zero attached hydrogens (tertiary/aromatic N) is 3. The van der Waals surface area contributed by atoms with Gasteiger partial charge in [0.2, 0.25) is 0 Å². The van der Waals surface area contributed by atoms with E-state index in [4.69, 9.17) is 9.47 Å². The molecule has 0 bridgehead atoms. The van der Waals surface area contributed by atoms with Gasteiger partial charge in [-0.1, -0.05) is 13.8 Å². The van der Waals surface area contributed by atoms with Crippen molar-refractivity contribution in [3.8, 4) is 0 Å². The largest absolute Gasteiger partial charge is 0.464 e. The summed E-state index contributed by atoms with van der Waals surface area (Å²) < 4.78 is 10.6. The van der Waals surface area contributed by atoms with Crippen molar-refractivity contribution in [2.75, 3.05) is 31.2 Å². The third-order valence-corrected chi connectivity index (χ3v) is 3.94. The van der Waals surface area contributed by atoms with Crippen LogP contribution in [0.3, 0.4) is 0 Å². The number of hydrogen-bond donors (Lipinski definition) is 0. The van der Waals surface area contributed by atoms with Gasteiger partial charge in [-0.3, -0.25) is 4.79 Å². The minimum atomic E-state index is -0.332. The summed E-state index contributed by atoms with van der Waals surface area (Å²) >= 11 is 0. The molecule has 0 N–H and O–H groups in total. The number of rotatable bonds is 6. The maximum absolute atomic E-state index is 11.4. The Labute approximate surface area is 136 Å². The van der Waals surface area contributed by atoms with Gasteiger partial charge >= 0.3 is 5.97 Å². The van der Waals surface area contributed by atoms with Crippen molar-refractivity contribution in [2.45, 2.75) is 33.3 Å². The molecular formula is C16H23N3O4. The van der Waals surface area contributed by atoms with Gasteiger partial charge in [-0.15, -0.1) is 0 Å². The Hall–Kier alpha value is -2.02. The maximum Gasteiger partial charge on any atom is 0.332 e. The number of carbonyl (C=O) groups is 2. The average molecular weight is 321 g/mol. The van der Waals surface area contributed by atoms with E-state index in [1.165, 1.54) is 6.20 Å². The van der Waals surface area contributed by atoms with Crippen LogP contribution in [0, 0.1) is 5.41 Å². The molecule has 1 atom stereocenters. The first-order valence-electron chi connectivity index (χ1n) is 7.75. The summed E-state index contributed by atoms with van der Waals surface area (Å²) in [5.74, 6) is 0.411. The third-order valence-electron chi connectivity index (χ3n) is 3.94. The second-order valence-corrected chi connectivity index (χ2v) is 6.22. The lowest BCUT2D eigenvalue weighted by Gasteiger charge is -2.44. The van der Waals surface area contributed by atoms with Crippen LogP contribution in [0.1, 0.15) is 37.7 Å². The number of aromatic nitrogens is 2. The van der Waals surface area contributed by atoms with Crippen LogP contribution in [0.4, 0.5) is 5.82 Å². The van der Waals surface area contributed by atoms with Crippen molar-refractivity contribution < 1.29 is 19.1 Å². The molecule has 126 valence electrons. The summed E-state index contributed by atoms with van der Waals surface area (Å²) in [5, 5.41) is 0.